The Kier molecular flexibility index (Phi) is 6.57. The van der Waals surface area contributed by atoms with Crippen molar-refractivity contribution in [3.63, 3.8) is 0 Å². The summed E-state index contributed by atoms with van der Waals surface area (Å²) < 4.78 is 5.36. The molecule has 0 saturated heterocycles. The summed E-state index contributed by atoms with van der Waals surface area (Å²) in [7, 11) is 0. The first-order valence-corrected chi connectivity index (χ1v) is 13.1. The van der Waals surface area contributed by atoms with Gasteiger partial charge in [-0.1, -0.05) is 54.1 Å². The van der Waals surface area contributed by atoms with Crippen molar-refractivity contribution in [2.24, 2.45) is 23.7 Å². The van der Waals surface area contributed by atoms with Crippen LogP contribution in [0.15, 0.2) is 54.6 Å². The maximum atomic E-state index is 13.6. The van der Waals surface area contributed by atoms with Crippen LogP contribution in [0.4, 0.5) is 0 Å². The number of hydrogen-bond acceptors (Lipinski definition) is 3. The minimum atomic E-state index is -0.656. The number of rotatable bonds is 7. The zero-order valence-electron chi connectivity index (χ0n) is 21.1. The third-order valence-corrected chi connectivity index (χ3v) is 8.55. The first kappa shape index (κ1) is 23.8. The highest BCUT2D eigenvalue weighted by atomic mass is 16.5. The van der Waals surface area contributed by atoms with Gasteiger partial charge in [-0.05, 0) is 99.3 Å². The molecule has 0 heterocycles. The molecular formula is C31H37NO3. The van der Waals surface area contributed by atoms with Crippen LogP contribution in [0.25, 0.3) is 6.08 Å². The van der Waals surface area contributed by atoms with Crippen LogP contribution < -0.4 is 5.32 Å². The van der Waals surface area contributed by atoms with Gasteiger partial charge >= 0.3 is 5.97 Å². The van der Waals surface area contributed by atoms with E-state index in [1.54, 1.807) is 6.08 Å². The molecule has 4 saturated carbocycles. The molecule has 4 bridgehead atoms. The average Bonchev–Trinajstić information content (AvgIpc) is 2.83. The Morgan fingerprint density at radius 1 is 0.971 bits per heavy atom. The van der Waals surface area contributed by atoms with E-state index in [0.717, 1.165) is 34.1 Å². The number of hydrogen-bond donors (Lipinski definition) is 1. The van der Waals surface area contributed by atoms with Crippen molar-refractivity contribution in [1.29, 1.82) is 0 Å². The number of nitrogens with one attached hydrogen (secondary N) is 1. The zero-order valence-corrected chi connectivity index (χ0v) is 21.1. The predicted molar refractivity (Wildman–Crippen MR) is 138 cm³/mol. The minimum absolute atomic E-state index is 0.109. The van der Waals surface area contributed by atoms with E-state index in [1.807, 2.05) is 63.2 Å². The van der Waals surface area contributed by atoms with Crippen LogP contribution in [0.2, 0.25) is 0 Å². The van der Waals surface area contributed by atoms with Crippen molar-refractivity contribution < 1.29 is 14.3 Å². The van der Waals surface area contributed by atoms with Gasteiger partial charge in [0.05, 0.1) is 5.41 Å². The van der Waals surface area contributed by atoms with Gasteiger partial charge in [-0.15, -0.1) is 0 Å². The molecule has 0 aromatic heterocycles. The van der Waals surface area contributed by atoms with Gasteiger partial charge in [-0.25, -0.2) is 4.79 Å². The SMILES string of the molecule is Cc1cc(/C=C/C(=O)OCc2ccccc2)cc(C(C)(C)C(=O)NC2C3CC4CC(C3)CC2C4)c1. The fourth-order valence-corrected chi connectivity index (χ4v) is 6.83. The molecule has 4 aliphatic carbocycles. The first-order chi connectivity index (χ1) is 16.8. The van der Waals surface area contributed by atoms with E-state index >= 15 is 0 Å². The first-order valence-electron chi connectivity index (χ1n) is 13.1. The van der Waals surface area contributed by atoms with Gasteiger partial charge < -0.3 is 10.1 Å². The van der Waals surface area contributed by atoms with Crippen LogP contribution >= 0.6 is 0 Å². The molecule has 0 radical (unpaired) electrons. The molecule has 2 aromatic carbocycles. The number of amides is 1. The summed E-state index contributed by atoms with van der Waals surface area (Å²) in [6.45, 7) is 6.30. The summed E-state index contributed by atoms with van der Waals surface area (Å²) in [6, 6.07) is 16.1. The van der Waals surface area contributed by atoms with E-state index in [9.17, 15) is 9.59 Å². The van der Waals surface area contributed by atoms with Gasteiger partial charge in [-0.3, -0.25) is 4.79 Å². The Bertz CT molecular complexity index is 1090. The summed E-state index contributed by atoms with van der Waals surface area (Å²) in [5, 5.41) is 3.49. The highest BCUT2D eigenvalue weighted by molar-refractivity contribution is 5.89. The lowest BCUT2D eigenvalue weighted by Crippen LogP contribution is -2.58. The average molecular weight is 472 g/mol. The van der Waals surface area contributed by atoms with E-state index in [2.05, 4.69) is 11.4 Å². The second-order valence-corrected chi connectivity index (χ2v) is 11.6. The summed E-state index contributed by atoms with van der Waals surface area (Å²) in [4.78, 5) is 25.8. The number of esters is 1. The Labute approximate surface area is 209 Å². The van der Waals surface area contributed by atoms with E-state index in [4.69, 9.17) is 4.74 Å². The molecule has 1 amide bonds. The van der Waals surface area contributed by atoms with Crippen LogP contribution in [0, 0.1) is 30.6 Å². The fourth-order valence-electron chi connectivity index (χ4n) is 6.83. The van der Waals surface area contributed by atoms with Crippen LogP contribution in [-0.2, 0) is 26.3 Å². The fraction of sp³-hybridized carbons (Fsp3) is 0.484. The van der Waals surface area contributed by atoms with Gasteiger partial charge in [0, 0.05) is 12.1 Å². The van der Waals surface area contributed by atoms with Crippen molar-refractivity contribution in [1.82, 2.24) is 5.32 Å². The normalized spacial score (nSPS) is 27.2. The summed E-state index contributed by atoms with van der Waals surface area (Å²) in [5.41, 5.74) is 3.23. The van der Waals surface area contributed by atoms with Crippen LogP contribution in [0.3, 0.4) is 0 Å². The Balaban J connectivity index is 1.25. The van der Waals surface area contributed by atoms with Gasteiger partial charge in [-0.2, -0.15) is 0 Å². The van der Waals surface area contributed by atoms with Gasteiger partial charge in [0.1, 0.15) is 6.61 Å². The van der Waals surface area contributed by atoms with Gasteiger partial charge in [0.2, 0.25) is 5.91 Å². The molecule has 0 spiro atoms. The minimum Gasteiger partial charge on any atom is -0.458 e. The maximum Gasteiger partial charge on any atom is 0.331 e. The van der Waals surface area contributed by atoms with E-state index in [0.29, 0.717) is 17.9 Å². The molecule has 0 aliphatic heterocycles. The van der Waals surface area contributed by atoms with Gasteiger partial charge in [0.25, 0.3) is 0 Å². The number of benzene rings is 2. The van der Waals surface area contributed by atoms with Crippen molar-refractivity contribution >= 4 is 18.0 Å². The quantitative estimate of drug-likeness (QED) is 0.400. The summed E-state index contributed by atoms with van der Waals surface area (Å²) in [5.74, 6) is 2.83. The van der Waals surface area contributed by atoms with E-state index in [1.165, 1.54) is 38.2 Å². The topological polar surface area (TPSA) is 55.4 Å². The van der Waals surface area contributed by atoms with Gasteiger partial charge in [0.15, 0.2) is 0 Å². The third-order valence-electron chi connectivity index (χ3n) is 8.55. The zero-order chi connectivity index (χ0) is 24.6. The largest absolute Gasteiger partial charge is 0.458 e. The smallest absolute Gasteiger partial charge is 0.331 e. The molecule has 4 nitrogen and oxygen atoms in total. The maximum absolute atomic E-state index is 13.6. The Hall–Kier alpha value is -2.88. The standard InChI is InChI=1S/C31H37NO3/c1-20-11-22(9-10-28(33)35-19-21-7-5-4-6-8-21)18-27(12-20)31(2,3)30(34)32-29-25-14-23-13-24(16-25)17-26(29)15-23/h4-12,18,23-26,29H,13-17,19H2,1-3H3,(H,32,34)/b10-9+. The monoisotopic (exact) mass is 471 g/mol. The second kappa shape index (κ2) is 9.64. The second-order valence-electron chi connectivity index (χ2n) is 11.6. The molecular weight excluding hydrogens is 434 g/mol. The van der Waals surface area contributed by atoms with Crippen LogP contribution in [-0.4, -0.2) is 17.9 Å². The van der Waals surface area contributed by atoms with Crippen molar-refractivity contribution in [2.75, 3.05) is 0 Å². The van der Waals surface area contributed by atoms with Crippen molar-refractivity contribution in [3.8, 4) is 0 Å². The molecule has 2 aromatic rings. The highest BCUT2D eigenvalue weighted by Gasteiger charge is 2.49. The molecule has 6 rings (SSSR count). The lowest BCUT2D eigenvalue weighted by atomic mass is 9.54. The summed E-state index contributed by atoms with van der Waals surface area (Å²) in [6.07, 6.45) is 9.81. The van der Waals surface area contributed by atoms with E-state index in [-0.39, 0.29) is 18.5 Å². The molecule has 0 atom stereocenters. The van der Waals surface area contributed by atoms with Crippen LogP contribution in [0.1, 0.15) is 68.2 Å². The number of carbonyl (C=O) groups excluding carboxylic acids is 2. The predicted octanol–water partition coefficient (Wildman–Crippen LogP) is 5.97. The summed E-state index contributed by atoms with van der Waals surface area (Å²) >= 11 is 0. The molecule has 184 valence electrons. The molecule has 0 unspecified atom stereocenters. The number of ether oxygens (including phenoxy) is 1. The Morgan fingerprint density at radius 3 is 2.29 bits per heavy atom. The molecule has 4 aliphatic rings. The van der Waals surface area contributed by atoms with Crippen molar-refractivity contribution in [2.45, 2.75) is 70.9 Å². The third kappa shape index (κ3) is 5.22. The van der Waals surface area contributed by atoms with Crippen molar-refractivity contribution in [3.05, 3.63) is 76.9 Å². The van der Waals surface area contributed by atoms with E-state index < -0.39 is 5.41 Å². The molecule has 4 heteroatoms. The lowest BCUT2D eigenvalue weighted by molar-refractivity contribution is -0.139. The lowest BCUT2D eigenvalue weighted by Gasteiger charge is -2.54. The van der Waals surface area contributed by atoms with Crippen LogP contribution in [0.5, 0.6) is 0 Å². The Morgan fingerprint density at radius 2 is 1.63 bits per heavy atom. The highest BCUT2D eigenvalue weighted by Crippen LogP contribution is 2.53. The molecule has 1 N–H and O–H groups in total. The molecule has 35 heavy (non-hydrogen) atoms. The number of carbonyl (C=O) groups is 2. The molecule has 4 fully saturated rings. The number of aryl methyl sites for hydroxylation is 1.